The van der Waals surface area contributed by atoms with Gasteiger partial charge in [0.1, 0.15) is 6.04 Å². The number of rotatable bonds is 16. The van der Waals surface area contributed by atoms with E-state index in [-0.39, 0.29) is 6.42 Å². The highest BCUT2D eigenvalue weighted by molar-refractivity contribution is 5.86. The molecule has 0 aromatic rings. The van der Waals surface area contributed by atoms with Crippen molar-refractivity contribution < 1.29 is 29.7 Å². The van der Waals surface area contributed by atoms with Crippen LogP contribution in [0, 0.1) is 0 Å². The Morgan fingerprint density at radius 1 is 0.840 bits per heavy atom. The van der Waals surface area contributed by atoms with Crippen molar-refractivity contribution in [3.05, 3.63) is 0 Å². The predicted octanol–water partition coefficient (Wildman–Crippen LogP) is 2.70. The van der Waals surface area contributed by atoms with Crippen LogP contribution in [0.2, 0.25) is 0 Å². The van der Waals surface area contributed by atoms with Gasteiger partial charge in [-0.3, -0.25) is 9.59 Å². The molecule has 25 heavy (non-hydrogen) atoms. The lowest BCUT2D eigenvalue weighted by Gasteiger charge is -2.14. The summed E-state index contributed by atoms with van der Waals surface area (Å²) >= 11 is 0. The molecule has 0 heterocycles. The largest absolute Gasteiger partial charge is 0.481 e. The van der Waals surface area contributed by atoms with Gasteiger partial charge in [-0.2, -0.15) is 0 Å². The van der Waals surface area contributed by atoms with Crippen LogP contribution in [-0.2, 0) is 14.4 Å². The fraction of sp³-hybridized carbons (Fsp3) is 0.833. The molecule has 7 heteroatoms. The molecular formula is C18H33NO6. The Morgan fingerprint density at radius 2 is 1.36 bits per heavy atom. The molecule has 0 aliphatic carbocycles. The normalized spacial score (nSPS) is 13.2. The van der Waals surface area contributed by atoms with E-state index in [1.807, 2.05) is 0 Å². The van der Waals surface area contributed by atoms with Gasteiger partial charge in [0.15, 0.2) is 0 Å². The minimum atomic E-state index is -1.47. The Balaban J connectivity index is 3.76. The van der Waals surface area contributed by atoms with E-state index < -0.39 is 36.4 Å². The van der Waals surface area contributed by atoms with Crippen molar-refractivity contribution in [2.24, 2.45) is 0 Å². The average Bonchev–Trinajstić information content (AvgIpc) is 2.52. The molecule has 0 rings (SSSR count). The van der Waals surface area contributed by atoms with Gasteiger partial charge in [-0.25, -0.2) is 4.79 Å². The highest BCUT2D eigenvalue weighted by atomic mass is 16.4. The van der Waals surface area contributed by atoms with Crippen molar-refractivity contribution in [1.82, 2.24) is 5.32 Å². The number of carbonyl (C=O) groups is 3. The Hall–Kier alpha value is -1.63. The summed E-state index contributed by atoms with van der Waals surface area (Å²) in [5, 5.41) is 29.4. The first-order valence-electron chi connectivity index (χ1n) is 9.28. The number of aliphatic carboxylic acids is 2. The Labute approximate surface area is 149 Å². The highest BCUT2D eigenvalue weighted by Crippen LogP contribution is 2.12. The molecular weight excluding hydrogens is 326 g/mol. The van der Waals surface area contributed by atoms with Crippen LogP contribution in [0.4, 0.5) is 0 Å². The first-order valence-corrected chi connectivity index (χ1v) is 9.28. The summed E-state index contributed by atoms with van der Waals surface area (Å²) in [4.78, 5) is 33.1. The summed E-state index contributed by atoms with van der Waals surface area (Å²) in [5.41, 5.74) is 0. The van der Waals surface area contributed by atoms with Gasteiger partial charge < -0.3 is 20.6 Å². The number of carboxylic acids is 2. The second-order valence-corrected chi connectivity index (χ2v) is 6.53. The summed E-state index contributed by atoms with van der Waals surface area (Å²) in [6.07, 6.45) is 9.24. The second-order valence-electron chi connectivity index (χ2n) is 6.53. The van der Waals surface area contributed by atoms with Crippen molar-refractivity contribution in [3.8, 4) is 0 Å². The van der Waals surface area contributed by atoms with E-state index in [1.54, 1.807) is 0 Å². The number of carbonyl (C=O) groups excluding carboxylic acids is 1. The van der Waals surface area contributed by atoms with E-state index in [4.69, 9.17) is 10.2 Å². The maximum absolute atomic E-state index is 11.7. The minimum absolute atomic E-state index is 0.208. The van der Waals surface area contributed by atoms with Crippen LogP contribution in [0.1, 0.15) is 84.0 Å². The number of amides is 1. The Bertz CT molecular complexity index is 399. The quantitative estimate of drug-likeness (QED) is 0.314. The molecule has 1 amide bonds. The monoisotopic (exact) mass is 359 g/mol. The van der Waals surface area contributed by atoms with E-state index in [0.29, 0.717) is 6.42 Å². The van der Waals surface area contributed by atoms with Crippen LogP contribution in [0.25, 0.3) is 0 Å². The van der Waals surface area contributed by atoms with E-state index in [9.17, 15) is 19.5 Å². The fourth-order valence-electron chi connectivity index (χ4n) is 2.63. The van der Waals surface area contributed by atoms with E-state index in [2.05, 4.69) is 12.2 Å². The number of unbranched alkanes of at least 4 members (excludes halogenated alkanes) is 8. The molecule has 0 spiro atoms. The van der Waals surface area contributed by atoms with Crippen molar-refractivity contribution in [1.29, 1.82) is 0 Å². The lowest BCUT2D eigenvalue weighted by Crippen LogP contribution is -2.43. The SMILES string of the molecule is CCCCCCCCCCC[C@@H](O)CC(=O)N[C@@H](CC(=O)O)C(=O)O. The molecule has 7 nitrogen and oxygen atoms in total. The van der Waals surface area contributed by atoms with Crippen molar-refractivity contribution in [3.63, 3.8) is 0 Å². The molecule has 0 radical (unpaired) electrons. The van der Waals surface area contributed by atoms with E-state index >= 15 is 0 Å². The van der Waals surface area contributed by atoms with Gasteiger partial charge in [-0.15, -0.1) is 0 Å². The van der Waals surface area contributed by atoms with Crippen LogP contribution < -0.4 is 5.32 Å². The molecule has 0 aliphatic heterocycles. The molecule has 0 fully saturated rings. The number of hydrogen-bond acceptors (Lipinski definition) is 4. The number of carboxylic acid groups (broad SMARTS) is 2. The minimum Gasteiger partial charge on any atom is -0.481 e. The third-order valence-corrected chi connectivity index (χ3v) is 4.07. The molecule has 4 N–H and O–H groups in total. The zero-order valence-corrected chi connectivity index (χ0v) is 15.2. The molecule has 146 valence electrons. The molecule has 0 bridgehead atoms. The van der Waals surface area contributed by atoms with Gasteiger partial charge in [0.05, 0.1) is 18.9 Å². The summed E-state index contributed by atoms with van der Waals surface area (Å²) in [6.45, 7) is 2.19. The number of aliphatic hydroxyl groups is 1. The van der Waals surface area contributed by atoms with Crippen LogP contribution >= 0.6 is 0 Å². The zero-order valence-electron chi connectivity index (χ0n) is 15.2. The highest BCUT2D eigenvalue weighted by Gasteiger charge is 2.23. The standard InChI is InChI=1S/C18H33NO6/c1-2-3-4-5-6-7-8-9-10-11-14(20)12-16(21)19-15(18(24)25)13-17(22)23/h14-15,20H,2-13H2,1H3,(H,19,21)(H,22,23)(H,24,25)/t14-,15+/m1/s1. The number of hydrogen-bond donors (Lipinski definition) is 4. The number of nitrogens with one attached hydrogen (secondary N) is 1. The first kappa shape index (κ1) is 23.4. The molecule has 0 saturated carbocycles. The van der Waals surface area contributed by atoms with E-state index in [1.165, 1.54) is 38.5 Å². The second kappa shape index (κ2) is 14.7. The molecule has 0 saturated heterocycles. The maximum Gasteiger partial charge on any atom is 0.326 e. The van der Waals surface area contributed by atoms with Crippen LogP contribution in [0.15, 0.2) is 0 Å². The molecule has 0 aliphatic rings. The predicted molar refractivity (Wildman–Crippen MR) is 94.3 cm³/mol. The molecule has 0 unspecified atom stereocenters. The van der Waals surface area contributed by atoms with Crippen LogP contribution in [0.3, 0.4) is 0 Å². The first-order chi connectivity index (χ1) is 11.9. The van der Waals surface area contributed by atoms with Gasteiger partial charge in [-0.05, 0) is 6.42 Å². The van der Waals surface area contributed by atoms with Crippen molar-refractivity contribution in [2.45, 2.75) is 96.1 Å². The van der Waals surface area contributed by atoms with Crippen molar-refractivity contribution >= 4 is 17.8 Å². The van der Waals surface area contributed by atoms with Gasteiger partial charge in [-0.1, -0.05) is 64.7 Å². The third kappa shape index (κ3) is 14.4. The lowest BCUT2D eigenvalue weighted by atomic mass is 10.0. The van der Waals surface area contributed by atoms with Crippen LogP contribution in [0.5, 0.6) is 0 Å². The molecule has 0 aromatic carbocycles. The zero-order chi connectivity index (χ0) is 19.1. The Kier molecular flexibility index (Phi) is 13.7. The summed E-state index contributed by atoms with van der Waals surface area (Å²) in [6, 6.07) is -1.47. The molecule has 0 aromatic heterocycles. The lowest BCUT2D eigenvalue weighted by molar-refractivity contribution is -0.147. The van der Waals surface area contributed by atoms with E-state index in [0.717, 1.165) is 19.3 Å². The fourth-order valence-corrected chi connectivity index (χ4v) is 2.63. The summed E-state index contributed by atoms with van der Waals surface area (Å²) in [7, 11) is 0. The van der Waals surface area contributed by atoms with Gasteiger partial charge in [0.25, 0.3) is 0 Å². The third-order valence-electron chi connectivity index (χ3n) is 4.07. The maximum atomic E-state index is 11.7. The van der Waals surface area contributed by atoms with Crippen molar-refractivity contribution in [2.75, 3.05) is 0 Å². The smallest absolute Gasteiger partial charge is 0.326 e. The van der Waals surface area contributed by atoms with Gasteiger partial charge in [0.2, 0.25) is 5.91 Å². The topological polar surface area (TPSA) is 124 Å². The van der Waals surface area contributed by atoms with Gasteiger partial charge >= 0.3 is 11.9 Å². The average molecular weight is 359 g/mol. The summed E-state index contributed by atoms with van der Waals surface area (Å²) in [5.74, 6) is -3.34. The number of aliphatic hydroxyl groups excluding tert-OH is 1. The summed E-state index contributed by atoms with van der Waals surface area (Å²) < 4.78 is 0. The molecule has 2 atom stereocenters. The van der Waals surface area contributed by atoms with Gasteiger partial charge in [0, 0.05) is 0 Å². The Morgan fingerprint density at radius 3 is 1.84 bits per heavy atom. The van der Waals surface area contributed by atoms with Crippen LogP contribution in [-0.4, -0.2) is 45.3 Å².